The molecule has 0 aromatic carbocycles. The van der Waals surface area contributed by atoms with E-state index in [1.807, 2.05) is 24.3 Å². The van der Waals surface area contributed by atoms with Crippen LogP contribution < -0.4 is 11.5 Å². The Morgan fingerprint density at radius 2 is 2.27 bits per heavy atom. The van der Waals surface area contributed by atoms with E-state index in [9.17, 15) is 0 Å². The van der Waals surface area contributed by atoms with Crippen LogP contribution in [-0.2, 0) is 0 Å². The third-order valence-corrected chi connectivity index (χ3v) is 1.86. The number of rotatable bonds is 1. The maximum absolute atomic E-state index is 5.91. The summed E-state index contributed by atoms with van der Waals surface area (Å²) in [5.74, 6) is 2.52. The quantitative estimate of drug-likeness (QED) is 0.520. The minimum atomic E-state index is -0.538. The van der Waals surface area contributed by atoms with E-state index in [1.165, 1.54) is 0 Å². The van der Waals surface area contributed by atoms with E-state index in [4.69, 9.17) is 17.9 Å². The molecule has 0 radical (unpaired) electrons. The number of hydrogen-bond donors (Lipinski definition) is 2. The van der Waals surface area contributed by atoms with Crippen molar-refractivity contribution in [2.24, 2.45) is 11.5 Å². The highest BCUT2D eigenvalue weighted by atomic mass is 14.8. The van der Waals surface area contributed by atoms with E-state index in [2.05, 4.69) is 5.92 Å². The molecule has 1 aliphatic rings. The van der Waals surface area contributed by atoms with Gasteiger partial charge in [-0.1, -0.05) is 24.3 Å². The summed E-state index contributed by atoms with van der Waals surface area (Å²) in [6.07, 6.45) is 13.1. The smallest absolute Gasteiger partial charge is 0.0642 e. The number of allylic oxidation sites excluding steroid dienone is 2. The molecule has 58 valence electrons. The first-order valence-corrected chi connectivity index (χ1v) is 3.53. The highest BCUT2D eigenvalue weighted by Gasteiger charge is 2.28. The average molecular weight is 148 g/mol. The molecule has 0 aromatic heterocycles. The van der Waals surface area contributed by atoms with Gasteiger partial charge in [-0.25, -0.2) is 0 Å². The minimum Gasteiger partial charge on any atom is -0.323 e. The Morgan fingerprint density at radius 3 is 2.82 bits per heavy atom. The molecule has 0 bridgehead atoms. The zero-order valence-corrected chi connectivity index (χ0v) is 6.33. The second kappa shape index (κ2) is 2.91. The topological polar surface area (TPSA) is 52.0 Å². The maximum Gasteiger partial charge on any atom is 0.0642 e. The highest BCUT2D eigenvalue weighted by molar-refractivity contribution is 5.28. The Kier molecular flexibility index (Phi) is 2.13. The van der Waals surface area contributed by atoms with E-state index >= 15 is 0 Å². The van der Waals surface area contributed by atoms with Crippen molar-refractivity contribution in [1.82, 2.24) is 0 Å². The first-order valence-electron chi connectivity index (χ1n) is 3.53. The molecular weight excluding hydrogens is 136 g/mol. The summed E-state index contributed by atoms with van der Waals surface area (Å²) >= 11 is 0. The van der Waals surface area contributed by atoms with Gasteiger partial charge in [-0.3, -0.25) is 0 Å². The summed E-state index contributed by atoms with van der Waals surface area (Å²) < 4.78 is 0. The van der Waals surface area contributed by atoms with Crippen molar-refractivity contribution < 1.29 is 0 Å². The molecule has 0 aliphatic heterocycles. The van der Waals surface area contributed by atoms with Gasteiger partial charge in [0, 0.05) is 12.5 Å². The van der Waals surface area contributed by atoms with Crippen LogP contribution in [0.5, 0.6) is 0 Å². The monoisotopic (exact) mass is 148 g/mol. The molecule has 2 nitrogen and oxygen atoms in total. The predicted octanol–water partition coefficient (Wildman–Crippen LogP) is 0.160. The molecule has 1 rings (SSSR count). The summed E-state index contributed by atoms with van der Waals surface area (Å²) in [5, 5.41) is 0. The average Bonchev–Trinajstić information content (AvgIpc) is 1.96. The van der Waals surface area contributed by atoms with Gasteiger partial charge < -0.3 is 11.5 Å². The fraction of sp³-hybridized carbons (Fsp3) is 0.333. The lowest BCUT2D eigenvalue weighted by atomic mass is 9.85. The maximum atomic E-state index is 5.91. The van der Waals surface area contributed by atoms with Gasteiger partial charge in [-0.05, 0) is 0 Å². The van der Waals surface area contributed by atoms with Crippen LogP contribution in [0.25, 0.3) is 0 Å². The van der Waals surface area contributed by atoms with Gasteiger partial charge in [0.2, 0.25) is 0 Å². The first kappa shape index (κ1) is 8.06. The number of hydrogen-bond acceptors (Lipinski definition) is 2. The van der Waals surface area contributed by atoms with Gasteiger partial charge in [0.25, 0.3) is 0 Å². The van der Waals surface area contributed by atoms with E-state index in [0.29, 0.717) is 6.42 Å². The van der Waals surface area contributed by atoms with Crippen molar-refractivity contribution in [2.45, 2.75) is 18.0 Å². The second-order valence-corrected chi connectivity index (χ2v) is 2.76. The molecule has 0 fully saturated rings. The van der Waals surface area contributed by atoms with Crippen molar-refractivity contribution in [3.63, 3.8) is 0 Å². The van der Waals surface area contributed by atoms with E-state index in [-0.39, 0.29) is 6.04 Å². The van der Waals surface area contributed by atoms with Crippen LogP contribution in [0.1, 0.15) is 6.42 Å². The molecule has 0 spiro atoms. The Bertz CT molecular complexity index is 234. The molecule has 1 aliphatic carbocycles. The third kappa shape index (κ3) is 1.51. The molecule has 0 saturated heterocycles. The molecule has 0 amide bonds. The van der Waals surface area contributed by atoms with Crippen molar-refractivity contribution in [2.75, 3.05) is 0 Å². The van der Waals surface area contributed by atoms with Gasteiger partial charge in [-0.15, -0.1) is 12.3 Å². The summed E-state index contributed by atoms with van der Waals surface area (Å²) in [6.45, 7) is 0. The Morgan fingerprint density at radius 1 is 1.55 bits per heavy atom. The fourth-order valence-electron chi connectivity index (χ4n) is 1.06. The van der Waals surface area contributed by atoms with Crippen molar-refractivity contribution in [1.29, 1.82) is 0 Å². The van der Waals surface area contributed by atoms with Gasteiger partial charge in [-0.2, -0.15) is 0 Å². The molecule has 0 saturated carbocycles. The lowest BCUT2D eigenvalue weighted by molar-refractivity contribution is 0.481. The Labute approximate surface area is 67.0 Å². The Balaban J connectivity index is 2.78. The van der Waals surface area contributed by atoms with Crippen molar-refractivity contribution in [3.05, 3.63) is 24.3 Å². The summed E-state index contributed by atoms with van der Waals surface area (Å²) in [6, 6.07) is -0.163. The van der Waals surface area contributed by atoms with Gasteiger partial charge >= 0.3 is 0 Å². The van der Waals surface area contributed by atoms with Crippen LogP contribution in [-0.4, -0.2) is 11.6 Å². The SMILES string of the molecule is C#CCC1(N)C=CC=CC1N. The molecular formula is C9H12N2. The van der Waals surface area contributed by atoms with E-state index in [1.54, 1.807) is 0 Å². The molecule has 4 N–H and O–H groups in total. The molecule has 2 heteroatoms. The van der Waals surface area contributed by atoms with Crippen LogP contribution in [0.4, 0.5) is 0 Å². The summed E-state index contributed by atoms with van der Waals surface area (Å²) in [7, 11) is 0. The van der Waals surface area contributed by atoms with Gasteiger partial charge in [0.05, 0.1) is 5.54 Å². The van der Waals surface area contributed by atoms with Crippen LogP contribution in [0.2, 0.25) is 0 Å². The van der Waals surface area contributed by atoms with Crippen LogP contribution >= 0.6 is 0 Å². The van der Waals surface area contributed by atoms with Gasteiger partial charge in [0.1, 0.15) is 0 Å². The normalized spacial score (nSPS) is 35.2. The fourth-order valence-corrected chi connectivity index (χ4v) is 1.06. The van der Waals surface area contributed by atoms with Crippen molar-refractivity contribution in [3.8, 4) is 12.3 Å². The third-order valence-electron chi connectivity index (χ3n) is 1.86. The van der Waals surface area contributed by atoms with E-state index in [0.717, 1.165) is 0 Å². The standard InChI is InChI=1S/C9H12N2/c1-2-6-9(11)7-4-3-5-8(9)10/h1,3-5,7-8H,6,10-11H2. The number of terminal acetylenes is 1. The van der Waals surface area contributed by atoms with Gasteiger partial charge in [0.15, 0.2) is 0 Å². The first-order chi connectivity index (χ1) is 5.19. The summed E-state index contributed by atoms with van der Waals surface area (Å²) in [5.41, 5.74) is 11.1. The van der Waals surface area contributed by atoms with E-state index < -0.39 is 5.54 Å². The molecule has 2 atom stereocenters. The van der Waals surface area contributed by atoms with Crippen LogP contribution in [0.3, 0.4) is 0 Å². The molecule has 0 aromatic rings. The zero-order valence-electron chi connectivity index (χ0n) is 6.33. The summed E-state index contributed by atoms with van der Waals surface area (Å²) in [4.78, 5) is 0. The van der Waals surface area contributed by atoms with Crippen molar-refractivity contribution >= 4 is 0 Å². The Hall–Kier alpha value is -1.04. The molecule has 2 unspecified atom stereocenters. The second-order valence-electron chi connectivity index (χ2n) is 2.76. The highest BCUT2D eigenvalue weighted by Crippen LogP contribution is 2.16. The zero-order chi connectivity index (χ0) is 8.32. The minimum absolute atomic E-state index is 0.163. The van der Waals surface area contributed by atoms with Crippen LogP contribution in [0.15, 0.2) is 24.3 Å². The lowest BCUT2D eigenvalue weighted by Gasteiger charge is -2.30. The van der Waals surface area contributed by atoms with Crippen LogP contribution in [0, 0.1) is 12.3 Å². The number of nitrogens with two attached hydrogens (primary N) is 2. The lowest BCUT2D eigenvalue weighted by Crippen LogP contribution is -2.53. The molecule has 0 heterocycles. The predicted molar refractivity (Wildman–Crippen MR) is 46.6 cm³/mol. The largest absolute Gasteiger partial charge is 0.323 e. The molecule has 11 heavy (non-hydrogen) atoms.